The average Bonchev–Trinajstić information content (AvgIpc) is 2.03. The number of hydrogen-bond donors (Lipinski definition) is 3. The molecule has 0 aliphatic heterocycles. The molecule has 1 unspecified atom stereocenters. The van der Waals surface area contributed by atoms with E-state index in [1.165, 1.54) is 0 Å². The molecule has 0 radical (unpaired) electrons. The van der Waals surface area contributed by atoms with Gasteiger partial charge >= 0.3 is 26.5 Å². The molecule has 0 aliphatic carbocycles. The molecule has 0 rings (SSSR count). The van der Waals surface area contributed by atoms with Crippen LogP contribution in [0.3, 0.4) is 0 Å². The van der Waals surface area contributed by atoms with E-state index in [1.54, 1.807) is 11.8 Å². The molecule has 0 heterocycles. The summed E-state index contributed by atoms with van der Waals surface area (Å²) in [7, 11) is 0. The second-order valence-electron chi connectivity index (χ2n) is 1.73. The summed E-state index contributed by atoms with van der Waals surface area (Å²) in [5, 5.41) is 8.27. The fraction of sp³-hybridized carbons (Fsp3) is 0.800. The van der Waals surface area contributed by atoms with Crippen molar-refractivity contribution in [1.29, 1.82) is 0 Å². The number of nitrogens with two attached hydrogens (primary N) is 1. The quantitative estimate of drug-likeness (QED) is 0.496. The van der Waals surface area contributed by atoms with Crippen molar-refractivity contribution in [3.63, 3.8) is 0 Å². The molecule has 0 fully saturated rings. The molecule has 4 N–H and O–H groups in total. The standard InChI is InChI=1S/C5H11NO2S.Mn.H2O/c1-9-3-2-4(6)5(7)8;;/h4H,2-3,6H2,1H3,(H,7,8);;1H2/q;+1;/p-1/i;1-54;. The summed E-state index contributed by atoms with van der Waals surface area (Å²) < 4.78 is 6.81. The van der Waals surface area contributed by atoms with E-state index in [1.807, 2.05) is 22.6 Å². The normalized spacial score (nSPS) is 11.3. The summed E-state index contributed by atoms with van der Waals surface area (Å²) in [6, 6.07) is -0.683. The van der Waals surface area contributed by atoms with Crippen LogP contribution < -0.4 is 5.73 Å². The number of carbonyl (C=O) groups is 1. The Balaban J connectivity index is 0. The zero-order chi connectivity index (χ0) is 9.28. The van der Waals surface area contributed by atoms with Crippen LogP contribution in [0.15, 0.2) is 0 Å². The van der Waals surface area contributed by atoms with Crippen LogP contribution in [-0.2, 0) is 21.1 Å². The van der Waals surface area contributed by atoms with Crippen molar-refractivity contribution in [2.24, 2.45) is 5.73 Å². The predicted molar refractivity (Wildman–Crippen MR) is 40.8 cm³/mol. The third-order valence-corrected chi connectivity index (χ3v) is 1.59. The monoisotopic (exact) mass is 167 g/mol. The second-order valence-corrected chi connectivity index (χ2v) is 2.71. The molecule has 4 nitrogen and oxygen atoms in total. The van der Waals surface area contributed by atoms with E-state index in [4.69, 9.17) is 15.0 Å². The molecule has 0 aromatic carbocycles. The van der Waals surface area contributed by atoms with E-state index in [0.29, 0.717) is 6.42 Å². The minimum absolute atomic E-state index is 0.552. The first-order chi connectivity index (χ1) is 5.18. The summed E-state index contributed by atoms with van der Waals surface area (Å²) in [6.45, 7) is 0. The molecule has 0 amide bonds. The van der Waals surface area contributed by atoms with Gasteiger partial charge in [0.05, 0.1) is 0 Å². The fourth-order valence-corrected chi connectivity index (χ4v) is 0.858. The number of aliphatic carboxylic acids is 1. The van der Waals surface area contributed by atoms with Crippen molar-refractivity contribution >= 4 is 17.7 Å². The summed E-state index contributed by atoms with van der Waals surface area (Å²) >= 11 is 3.54. The third-order valence-electron chi connectivity index (χ3n) is 0.950. The van der Waals surface area contributed by atoms with Gasteiger partial charge in [0.1, 0.15) is 6.04 Å². The van der Waals surface area contributed by atoms with Crippen molar-refractivity contribution < 1.29 is 30.4 Å². The number of rotatable bonds is 4. The second kappa shape index (κ2) is 10.3. The van der Waals surface area contributed by atoms with E-state index in [0.717, 1.165) is 5.75 Å². The Labute approximate surface area is 78.7 Å². The number of hydrogen-bond acceptors (Lipinski definition) is 4. The van der Waals surface area contributed by atoms with Crippen molar-refractivity contribution in [3.8, 4) is 0 Å². The minimum atomic E-state index is -0.913. The zero-order valence-electron chi connectivity index (χ0n) is 6.16. The number of carboxylic acids is 1. The molecule has 11 heavy (non-hydrogen) atoms. The molecule has 0 aromatic heterocycles. The Kier molecular flexibility index (Phi) is 12.9. The first-order valence-electron chi connectivity index (χ1n) is 2.82. The van der Waals surface area contributed by atoms with E-state index in [2.05, 4.69) is 0 Å². The van der Waals surface area contributed by atoms with Gasteiger partial charge in [0.2, 0.25) is 0 Å². The van der Waals surface area contributed by atoms with E-state index < -0.39 is 12.0 Å². The molecule has 0 saturated carbocycles. The third kappa shape index (κ3) is 10.3. The van der Waals surface area contributed by atoms with Gasteiger partial charge in [-0.2, -0.15) is 11.8 Å². The van der Waals surface area contributed by atoms with Crippen LogP contribution in [0.1, 0.15) is 6.42 Å². The molecule has 0 bridgehead atoms. The van der Waals surface area contributed by atoms with Crippen LogP contribution in [0, 0.1) is 0 Å². The van der Waals surface area contributed by atoms with Crippen molar-refractivity contribution in [2.75, 3.05) is 12.0 Å². The van der Waals surface area contributed by atoms with Crippen molar-refractivity contribution in [2.45, 2.75) is 12.5 Å². The Hall–Kier alpha value is 0.259. The molecule has 0 spiro atoms. The van der Waals surface area contributed by atoms with Gasteiger partial charge in [0, 0.05) is 0 Å². The maximum atomic E-state index is 10.1. The van der Waals surface area contributed by atoms with Crippen molar-refractivity contribution in [1.82, 2.24) is 0 Å². The van der Waals surface area contributed by atoms with Crippen LogP contribution >= 0.6 is 11.8 Å². The van der Waals surface area contributed by atoms with E-state index in [9.17, 15) is 4.79 Å². The zero-order valence-corrected chi connectivity index (χ0v) is 8.15. The average molecular weight is 167 g/mol. The van der Waals surface area contributed by atoms with Crippen molar-refractivity contribution in [3.05, 3.63) is 0 Å². The van der Waals surface area contributed by atoms with Gasteiger partial charge in [0.15, 0.2) is 0 Å². The van der Waals surface area contributed by atoms with E-state index in [-0.39, 0.29) is 0 Å². The topological polar surface area (TPSA) is 83.6 Å². The molecule has 0 aromatic rings. The molecular weight excluding hydrogens is 155 g/mol. The number of carboxylic acid groups (broad SMARTS) is 1. The number of thioether (sulfide) groups is 1. The van der Waals surface area contributed by atoms with Gasteiger partial charge in [-0.05, 0) is 18.4 Å². The fourth-order valence-electron chi connectivity index (χ4n) is 0.368. The van der Waals surface area contributed by atoms with Gasteiger partial charge in [-0.3, -0.25) is 4.79 Å². The Bertz CT molecular complexity index is 104. The molecule has 0 aliphatic rings. The summed E-state index contributed by atoms with van der Waals surface area (Å²) in [4.78, 5) is 10.1. The molecular formula is C5H12MnNO3S. The van der Waals surface area contributed by atoms with Gasteiger partial charge in [-0.1, -0.05) is 0 Å². The predicted octanol–water partition coefficient (Wildman–Crippen LogP) is -0.408. The Morgan fingerprint density at radius 1 is 1.73 bits per heavy atom. The Morgan fingerprint density at radius 3 is 2.45 bits per heavy atom. The molecule has 0 saturated heterocycles. The van der Waals surface area contributed by atoms with Gasteiger partial charge in [-0.15, -0.1) is 0 Å². The molecule has 68 valence electrons. The van der Waals surface area contributed by atoms with Crippen LogP contribution in [0.5, 0.6) is 0 Å². The summed E-state index contributed by atoms with van der Waals surface area (Å²) in [6.07, 6.45) is 2.48. The van der Waals surface area contributed by atoms with Crippen LogP contribution in [-0.4, -0.2) is 33.3 Å². The first kappa shape index (κ1) is 13.8. The molecule has 1 atom stereocenters. The van der Waals surface area contributed by atoms with Gasteiger partial charge in [0.25, 0.3) is 0 Å². The van der Waals surface area contributed by atoms with Crippen LogP contribution in [0.2, 0.25) is 0 Å². The molecule has 6 heteroatoms. The van der Waals surface area contributed by atoms with Gasteiger partial charge < -0.3 is 10.8 Å². The van der Waals surface area contributed by atoms with Crippen LogP contribution in [0.4, 0.5) is 0 Å². The summed E-state index contributed by atoms with van der Waals surface area (Å²) in [5.74, 6) is -0.1000. The van der Waals surface area contributed by atoms with Gasteiger partial charge in [-0.25, -0.2) is 0 Å². The first-order valence-corrected chi connectivity index (χ1v) is 4.75. The summed E-state index contributed by atoms with van der Waals surface area (Å²) in [5.41, 5.74) is 5.19. The maximum absolute atomic E-state index is 10.1. The Morgan fingerprint density at radius 2 is 2.18 bits per heavy atom. The van der Waals surface area contributed by atoms with Crippen LogP contribution in [0.25, 0.3) is 0 Å². The SMILES string of the molecule is CSCCC(N)C(=O)O.[OH][1Mn]. The van der Waals surface area contributed by atoms with E-state index >= 15 is 0 Å².